The van der Waals surface area contributed by atoms with E-state index >= 15 is 8.78 Å². The number of anilines is 1. The molecule has 1 aliphatic carbocycles. The maximum atomic E-state index is 15.0. The molecule has 4 aromatic rings. The van der Waals surface area contributed by atoms with Gasteiger partial charge >= 0.3 is 18.1 Å². The highest BCUT2D eigenvalue weighted by Gasteiger charge is 2.51. The lowest BCUT2D eigenvalue weighted by Crippen LogP contribution is -2.50. The lowest BCUT2D eigenvalue weighted by molar-refractivity contribution is -0.193. The molecule has 0 spiro atoms. The molecule has 3 amide bonds. The molecule has 1 aromatic carbocycles. The summed E-state index contributed by atoms with van der Waals surface area (Å²) >= 11 is 0. The van der Waals surface area contributed by atoms with Gasteiger partial charge in [-0.25, -0.2) is 29.1 Å². The topological polar surface area (TPSA) is 159 Å². The van der Waals surface area contributed by atoms with Gasteiger partial charge in [0.05, 0.1) is 49.3 Å². The minimum Gasteiger partial charge on any atom is -0.453 e. The number of likely N-dealkylation sites (tertiary alicyclic amines) is 1. The largest absolute Gasteiger partial charge is 0.482 e. The summed E-state index contributed by atoms with van der Waals surface area (Å²) in [7, 11) is 1.36. The number of carbonyl (C=O) groups is 3. The van der Waals surface area contributed by atoms with Crippen molar-refractivity contribution >= 4 is 34.8 Å². The minimum atomic E-state index is -4.23. The zero-order chi connectivity index (χ0) is 34.6. The van der Waals surface area contributed by atoms with Crippen LogP contribution in [0.15, 0.2) is 36.9 Å². The van der Waals surface area contributed by atoms with Crippen molar-refractivity contribution in [2.75, 3.05) is 25.1 Å². The third-order valence-electron chi connectivity index (χ3n) is 9.55. The fourth-order valence-electron chi connectivity index (χ4n) is 6.74. The number of amides is 3. The monoisotopic (exact) mass is 678 g/mol. The van der Waals surface area contributed by atoms with Gasteiger partial charge in [-0.1, -0.05) is 6.07 Å². The number of carbonyl (C=O) groups excluding carboxylic acids is 3. The van der Waals surface area contributed by atoms with Crippen LogP contribution in [0.5, 0.6) is 5.75 Å². The number of halogens is 3. The number of nitrogens with zero attached hydrogens (tertiary/aromatic N) is 7. The Bertz CT molecular complexity index is 1960. The number of rotatable bonds is 8. The molecule has 3 aromatic heterocycles. The Morgan fingerprint density at radius 2 is 1.84 bits per heavy atom. The van der Waals surface area contributed by atoms with Crippen LogP contribution in [-0.2, 0) is 22.5 Å². The van der Waals surface area contributed by atoms with E-state index in [4.69, 9.17) is 20.2 Å². The second kappa shape index (κ2) is 12.3. The normalized spacial score (nSPS) is 18.3. The number of primary amides is 1. The first-order valence-corrected chi connectivity index (χ1v) is 16.0. The molecule has 0 unspecified atom stereocenters. The first kappa shape index (κ1) is 32.3. The molecule has 1 saturated carbocycles. The standard InChI is InChI=1S/C33H33F3N8O5/c1-17(19-7-9-42(10-8-19)32(47)48-2)44-16-40-28-26(27(29(37)45)22(41-30(28)44)11-18-3-4-18)20-5-6-23-24(12-20)49-33(35,36)31(46)43(23)15-25-38-13-21(34)14-39-25/h5-6,12-14,16-19H,3-4,7-11,15H2,1-2H3,(H2,37,45)/t17-/m1/s1. The summed E-state index contributed by atoms with van der Waals surface area (Å²) in [4.78, 5) is 57.6. The minimum absolute atomic E-state index is 0.00850. The molecule has 7 rings (SSSR count). The van der Waals surface area contributed by atoms with Crippen LogP contribution in [0.25, 0.3) is 22.3 Å². The number of piperidine rings is 1. The lowest BCUT2D eigenvalue weighted by Gasteiger charge is -2.34. The predicted molar refractivity (Wildman–Crippen MR) is 168 cm³/mol. The molecule has 256 valence electrons. The second-order valence-electron chi connectivity index (χ2n) is 12.7. The Hall–Kier alpha value is -5.28. The smallest absolute Gasteiger partial charge is 0.453 e. The zero-order valence-corrected chi connectivity index (χ0v) is 26.7. The fourth-order valence-corrected chi connectivity index (χ4v) is 6.74. The van der Waals surface area contributed by atoms with Crippen LogP contribution >= 0.6 is 0 Å². The number of hydrogen-bond acceptors (Lipinski definition) is 9. The molecule has 2 N–H and O–H groups in total. The summed E-state index contributed by atoms with van der Waals surface area (Å²) in [5.41, 5.74) is 8.11. The van der Waals surface area contributed by atoms with Gasteiger partial charge in [0, 0.05) is 24.7 Å². The first-order valence-electron chi connectivity index (χ1n) is 16.0. The molecule has 0 radical (unpaired) electrons. The van der Waals surface area contributed by atoms with E-state index < -0.39 is 30.3 Å². The van der Waals surface area contributed by atoms with Crippen molar-refractivity contribution in [1.82, 2.24) is 29.4 Å². The molecule has 49 heavy (non-hydrogen) atoms. The Balaban J connectivity index is 1.32. The summed E-state index contributed by atoms with van der Waals surface area (Å²) in [5, 5.41) is 0. The molecule has 16 heteroatoms. The quantitative estimate of drug-likeness (QED) is 0.280. The summed E-state index contributed by atoms with van der Waals surface area (Å²) in [6.45, 7) is 2.66. The Morgan fingerprint density at radius 1 is 1.12 bits per heavy atom. The number of hydrogen-bond donors (Lipinski definition) is 1. The van der Waals surface area contributed by atoms with E-state index in [2.05, 4.69) is 21.9 Å². The summed E-state index contributed by atoms with van der Waals surface area (Å²) < 4.78 is 55.2. The van der Waals surface area contributed by atoms with E-state index in [1.54, 1.807) is 17.3 Å². The highest BCUT2D eigenvalue weighted by atomic mass is 19.3. The maximum Gasteiger partial charge on any atom is 0.482 e. The van der Waals surface area contributed by atoms with Crippen LogP contribution < -0.4 is 15.4 Å². The van der Waals surface area contributed by atoms with Crippen molar-refractivity contribution in [2.45, 2.75) is 57.7 Å². The fraction of sp³-hybridized carbons (Fsp3) is 0.424. The van der Waals surface area contributed by atoms with Gasteiger partial charge in [0.2, 0.25) is 0 Å². The Morgan fingerprint density at radius 3 is 2.49 bits per heavy atom. The van der Waals surface area contributed by atoms with E-state index in [0.29, 0.717) is 53.4 Å². The van der Waals surface area contributed by atoms with Crippen LogP contribution in [-0.4, -0.2) is 73.6 Å². The maximum absolute atomic E-state index is 15.0. The molecular weight excluding hydrogens is 645 g/mol. The molecule has 3 aliphatic rings. The van der Waals surface area contributed by atoms with E-state index in [0.717, 1.165) is 43.0 Å². The van der Waals surface area contributed by atoms with Crippen molar-refractivity contribution in [2.24, 2.45) is 17.6 Å². The average Bonchev–Trinajstić information content (AvgIpc) is 3.81. The molecule has 2 aliphatic heterocycles. The van der Waals surface area contributed by atoms with E-state index in [9.17, 15) is 18.8 Å². The molecule has 5 heterocycles. The molecular formula is C33H33F3N8O5. The van der Waals surface area contributed by atoms with Crippen molar-refractivity contribution in [1.29, 1.82) is 0 Å². The highest BCUT2D eigenvalue weighted by molar-refractivity contribution is 6.08. The number of pyridine rings is 1. The number of aromatic nitrogens is 5. The predicted octanol–water partition coefficient (Wildman–Crippen LogP) is 4.64. The van der Waals surface area contributed by atoms with Gasteiger partial charge in [-0.2, -0.15) is 8.78 Å². The average molecular weight is 679 g/mol. The second-order valence-corrected chi connectivity index (χ2v) is 12.7. The Labute approximate surface area is 278 Å². The zero-order valence-electron chi connectivity index (χ0n) is 26.7. The van der Waals surface area contributed by atoms with Crippen molar-refractivity contribution in [3.05, 3.63) is 59.8 Å². The van der Waals surface area contributed by atoms with Crippen molar-refractivity contribution in [3.63, 3.8) is 0 Å². The number of ether oxygens (including phenoxy) is 2. The van der Waals surface area contributed by atoms with Crippen LogP contribution in [0.2, 0.25) is 0 Å². The van der Waals surface area contributed by atoms with E-state index in [1.165, 1.54) is 19.2 Å². The van der Waals surface area contributed by atoms with E-state index in [1.807, 2.05) is 4.57 Å². The van der Waals surface area contributed by atoms with Gasteiger partial charge in [0.25, 0.3) is 5.91 Å². The number of nitrogens with two attached hydrogens (primary N) is 1. The van der Waals surface area contributed by atoms with Crippen LogP contribution in [0.4, 0.5) is 23.7 Å². The SMILES string of the molecule is COC(=O)N1CCC([C@@H](C)n2cnc3c(-c4ccc5c(c4)OC(F)(F)C(=O)N5Cc4ncc(F)cn4)c(C(N)=O)c(CC4CC4)nc32)CC1. The highest BCUT2D eigenvalue weighted by Crippen LogP contribution is 2.45. The van der Waals surface area contributed by atoms with Gasteiger partial charge in [0.15, 0.2) is 17.2 Å². The van der Waals surface area contributed by atoms with Gasteiger partial charge in [-0.05, 0) is 68.6 Å². The third kappa shape index (κ3) is 5.99. The number of fused-ring (bicyclic) bond motifs is 2. The molecule has 1 saturated heterocycles. The van der Waals surface area contributed by atoms with Gasteiger partial charge in [-0.3, -0.25) is 14.5 Å². The van der Waals surface area contributed by atoms with Crippen molar-refractivity contribution < 1.29 is 37.0 Å². The van der Waals surface area contributed by atoms with E-state index in [-0.39, 0.29) is 40.9 Å². The Kier molecular flexibility index (Phi) is 8.11. The van der Waals surface area contributed by atoms with Gasteiger partial charge < -0.3 is 24.7 Å². The first-order chi connectivity index (χ1) is 23.4. The number of alkyl halides is 2. The lowest BCUT2D eigenvalue weighted by atomic mass is 9.90. The van der Waals surface area contributed by atoms with Gasteiger partial charge in [0.1, 0.15) is 11.3 Å². The number of imidazole rings is 1. The van der Waals surface area contributed by atoms with Crippen LogP contribution in [0.3, 0.4) is 0 Å². The summed E-state index contributed by atoms with van der Waals surface area (Å²) in [5.74, 6) is -2.99. The molecule has 2 fully saturated rings. The number of benzene rings is 1. The van der Waals surface area contributed by atoms with Crippen LogP contribution in [0, 0.1) is 17.7 Å². The molecule has 1 atom stereocenters. The number of methoxy groups -OCH3 is 1. The third-order valence-corrected chi connectivity index (χ3v) is 9.55. The van der Waals surface area contributed by atoms with Crippen molar-refractivity contribution in [3.8, 4) is 16.9 Å². The summed E-state index contributed by atoms with van der Waals surface area (Å²) in [6, 6.07) is 4.23. The molecule has 13 nitrogen and oxygen atoms in total. The summed E-state index contributed by atoms with van der Waals surface area (Å²) in [6.07, 6.45) is 2.71. The van der Waals surface area contributed by atoms with Gasteiger partial charge in [-0.15, -0.1) is 0 Å². The van der Waals surface area contributed by atoms with Crippen LogP contribution in [0.1, 0.15) is 60.5 Å². The molecule has 0 bridgehead atoms.